The molecule has 1 aliphatic carbocycles. The van der Waals surface area contributed by atoms with Crippen LogP contribution < -0.4 is 5.32 Å². The Labute approximate surface area is 82.9 Å². The molecule has 2 heterocycles. The Bertz CT molecular complexity index is 265. The summed E-state index contributed by atoms with van der Waals surface area (Å²) in [6, 6.07) is 0.174. The molecule has 2 bridgehead atoms. The van der Waals surface area contributed by atoms with Crippen molar-refractivity contribution in [2.75, 3.05) is 0 Å². The summed E-state index contributed by atoms with van der Waals surface area (Å²) >= 11 is 0. The molecule has 4 atom stereocenters. The van der Waals surface area contributed by atoms with Crippen molar-refractivity contribution in [2.24, 2.45) is 5.92 Å². The number of carbonyl (C=O) groups is 1. The highest BCUT2D eigenvalue weighted by Crippen LogP contribution is 2.44. The maximum absolute atomic E-state index is 11.3. The molecule has 3 aliphatic rings. The standard InChI is InChI=1S/C10H15NO3/c1-10(2)13-8-5-3-6(9(8)14-10)11-7(12)4-5/h5-6,8-9H,3-4H2,1-2H3,(H,11,12). The molecule has 0 aromatic carbocycles. The smallest absolute Gasteiger partial charge is 0.220 e. The number of hydrogen-bond acceptors (Lipinski definition) is 3. The largest absolute Gasteiger partial charge is 0.351 e. The zero-order chi connectivity index (χ0) is 9.92. The summed E-state index contributed by atoms with van der Waals surface area (Å²) in [7, 11) is 0. The van der Waals surface area contributed by atoms with Gasteiger partial charge in [-0.15, -0.1) is 0 Å². The normalized spacial score (nSPS) is 48.9. The van der Waals surface area contributed by atoms with Gasteiger partial charge in [0.2, 0.25) is 5.91 Å². The lowest BCUT2D eigenvalue weighted by Crippen LogP contribution is -2.43. The summed E-state index contributed by atoms with van der Waals surface area (Å²) in [6.07, 6.45) is 1.80. The van der Waals surface area contributed by atoms with Gasteiger partial charge in [-0.1, -0.05) is 0 Å². The van der Waals surface area contributed by atoms with Gasteiger partial charge in [0.15, 0.2) is 5.79 Å². The van der Waals surface area contributed by atoms with E-state index in [1.54, 1.807) is 0 Å². The number of hydrogen-bond donors (Lipinski definition) is 1. The topological polar surface area (TPSA) is 47.6 Å². The number of carbonyl (C=O) groups excluding carboxylic acids is 1. The average molecular weight is 197 g/mol. The highest BCUT2D eigenvalue weighted by atomic mass is 16.8. The molecule has 0 aromatic heterocycles. The van der Waals surface area contributed by atoms with Crippen molar-refractivity contribution < 1.29 is 14.3 Å². The van der Waals surface area contributed by atoms with E-state index in [9.17, 15) is 4.79 Å². The number of rotatable bonds is 0. The zero-order valence-corrected chi connectivity index (χ0v) is 8.45. The second kappa shape index (κ2) is 2.49. The molecule has 4 nitrogen and oxygen atoms in total. The number of nitrogens with one attached hydrogen (secondary N) is 1. The quantitative estimate of drug-likeness (QED) is 0.612. The molecular weight excluding hydrogens is 182 g/mol. The van der Waals surface area contributed by atoms with Crippen molar-refractivity contribution in [1.29, 1.82) is 0 Å². The van der Waals surface area contributed by atoms with Crippen LogP contribution in [-0.2, 0) is 14.3 Å². The number of amides is 1. The Morgan fingerprint density at radius 3 is 2.86 bits per heavy atom. The third kappa shape index (κ3) is 1.10. The molecule has 4 heteroatoms. The van der Waals surface area contributed by atoms with Gasteiger partial charge in [-0.2, -0.15) is 0 Å². The maximum Gasteiger partial charge on any atom is 0.220 e. The van der Waals surface area contributed by atoms with Crippen LogP contribution in [0.5, 0.6) is 0 Å². The van der Waals surface area contributed by atoms with E-state index in [1.807, 2.05) is 13.8 Å². The van der Waals surface area contributed by atoms with E-state index in [0.717, 1.165) is 6.42 Å². The SMILES string of the molecule is CC1(C)OC2C3CC(=O)NC(C3)C2O1. The third-order valence-electron chi connectivity index (χ3n) is 3.38. The van der Waals surface area contributed by atoms with Gasteiger partial charge in [0.25, 0.3) is 0 Å². The summed E-state index contributed by atoms with van der Waals surface area (Å²) in [5.41, 5.74) is 0. The number of ether oxygens (including phenoxy) is 2. The van der Waals surface area contributed by atoms with E-state index in [2.05, 4.69) is 5.32 Å². The van der Waals surface area contributed by atoms with Crippen LogP contribution in [0.15, 0.2) is 0 Å². The first kappa shape index (κ1) is 8.68. The summed E-state index contributed by atoms with van der Waals surface area (Å²) in [5, 5.41) is 2.97. The van der Waals surface area contributed by atoms with Gasteiger partial charge in [-0.05, 0) is 26.2 Å². The summed E-state index contributed by atoms with van der Waals surface area (Å²) < 4.78 is 11.6. The Hall–Kier alpha value is -0.610. The zero-order valence-electron chi connectivity index (χ0n) is 8.45. The molecule has 1 amide bonds. The molecule has 1 saturated carbocycles. The highest BCUT2D eigenvalue weighted by molar-refractivity contribution is 5.78. The minimum atomic E-state index is -0.478. The summed E-state index contributed by atoms with van der Waals surface area (Å²) in [6.45, 7) is 3.87. The van der Waals surface area contributed by atoms with Gasteiger partial charge < -0.3 is 14.8 Å². The molecule has 2 aliphatic heterocycles. The molecule has 2 saturated heterocycles. The van der Waals surface area contributed by atoms with Gasteiger partial charge in [0.1, 0.15) is 6.10 Å². The Morgan fingerprint density at radius 1 is 1.36 bits per heavy atom. The van der Waals surface area contributed by atoms with Crippen LogP contribution in [0.4, 0.5) is 0 Å². The molecule has 0 radical (unpaired) electrons. The van der Waals surface area contributed by atoms with Crippen LogP contribution in [0.2, 0.25) is 0 Å². The van der Waals surface area contributed by atoms with Gasteiger partial charge in [-0.3, -0.25) is 4.79 Å². The lowest BCUT2D eigenvalue weighted by molar-refractivity contribution is -0.164. The van der Waals surface area contributed by atoms with E-state index in [1.165, 1.54) is 0 Å². The third-order valence-corrected chi connectivity index (χ3v) is 3.38. The fraction of sp³-hybridized carbons (Fsp3) is 0.900. The molecule has 1 N–H and O–H groups in total. The minimum absolute atomic E-state index is 0.0708. The fourth-order valence-electron chi connectivity index (χ4n) is 2.93. The van der Waals surface area contributed by atoms with E-state index >= 15 is 0 Å². The van der Waals surface area contributed by atoms with Crippen LogP contribution in [0.1, 0.15) is 26.7 Å². The molecule has 0 spiro atoms. The van der Waals surface area contributed by atoms with Crippen LogP contribution in [-0.4, -0.2) is 29.9 Å². The van der Waals surface area contributed by atoms with Crippen LogP contribution in [0, 0.1) is 5.92 Å². The van der Waals surface area contributed by atoms with Crippen molar-refractivity contribution in [3.8, 4) is 0 Å². The van der Waals surface area contributed by atoms with Crippen molar-refractivity contribution in [3.05, 3.63) is 0 Å². The first-order valence-corrected chi connectivity index (χ1v) is 5.20. The van der Waals surface area contributed by atoms with Gasteiger partial charge in [-0.25, -0.2) is 0 Å². The van der Waals surface area contributed by atoms with E-state index in [0.29, 0.717) is 12.3 Å². The van der Waals surface area contributed by atoms with Gasteiger partial charge in [0.05, 0.1) is 12.1 Å². The van der Waals surface area contributed by atoms with Crippen LogP contribution in [0.3, 0.4) is 0 Å². The fourth-order valence-corrected chi connectivity index (χ4v) is 2.93. The molecule has 3 rings (SSSR count). The van der Waals surface area contributed by atoms with Crippen molar-refractivity contribution in [3.63, 3.8) is 0 Å². The average Bonchev–Trinajstić information content (AvgIpc) is 2.49. The van der Waals surface area contributed by atoms with Crippen LogP contribution >= 0.6 is 0 Å². The Morgan fingerprint density at radius 2 is 2.07 bits per heavy atom. The van der Waals surface area contributed by atoms with Crippen molar-refractivity contribution >= 4 is 5.91 Å². The molecule has 14 heavy (non-hydrogen) atoms. The summed E-state index contributed by atoms with van der Waals surface area (Å²) in [5.74, 6) is 0.0279. The highest BCUT2D eigenvalue weighted by Gasteiger charge is 2.56. The van der Waals surface area contributed by atoms with E-state index in [4.69, 9.17) is 9.47 Å². The predicted octanol–water partition coefficient (Wildman–Crippen LogP) is 0.415. The van der Waals surface area contributed by atoms with Crippen LogP contribution in [0.25, 0.3) is 0 Å². The summed E-state index contributed by atoms with van der Waals surface area (Å²) in [4.78, 5) is 11.3. The van der Waals surface area contributed by atoms with E-state index < -0.39 is 5.79 Å². The lowest BCUT2D eigenvalue weighted by Gasteiger charge is -2.27. The number of piperidine rings is 1. The predicted molar refractivity (Wildman–Crippen MR) is 48.5 cm³/mol. The minimum Gasteiger partial charge on any atom is -0.351 e. The second-order valence-electron chi connectivity index (χ2n) is 4.94. The number of fused-ring (bicyclic) bond motifs is 5. The first-order valence-electron chi connectivity index (χ1n) is 5.20. The maximum atomic E-state index is 11.3. The first-order chi connectivity index (χ1) is 6.55. The van der Waals surface area contributed by atoms with Gasteiger partial charge >= 0.3 is 0 Å². The lowest BCUT2D eigenvalue weighted by atomic mass is 9.98. The van der Waals surface area contributed by atoms with E-state index in [-0.39, 0.29) is 24.2 Å². The molecule has 0 aromatic rings. The molecule has 78 valence electrons. The molecule has 4 unspecified atom stereocenters. The van der Waals surface area contributed by atoms with Gasteiger partial charge in [0, 0.05) is 6.42 Å². The van der Waals surface area contributed by atoms with Crippen molar-refractivity contribution in [1.82, 2.24) is 5.32 Å². The molecule has 3 fully saturated rings. The monoisotopic (exact) mass is 197 g/mol. The second-order valence-corrected chi connectivity index (χ2v) is 4.94. The Balaban J connectivity index is 1.87. The van der Waals surface area contributed by atoms with Crippen molar-refractivity contribution in [2.45, 2.75) is 50.7 Å². The molecular formula is C10H15NO3. The Kier molecular flexibility index (Phi) is 1.55.